The fraction of sp³-hybridized carbons (Fsp3) is 0.462. The molecule has 0 saturated heterocycles. The van der Waals surface area contributed by atoms with Gasteiger partial charge < -0.3 is 10.1 Å². The topological polar surface area (TPSA) is 38.3 Å². The highest BCUT2D eigenvalue weighted by Gasteiger charge is 2.18. The van der Waals surface area contributed by atoms with E-state index in [1.807, 2.05) is 24.3 Å². The molecule has 1 amide bonds. The molecule has 0 heterocycles. The molecule has 16 heavy (non-hydrogen) atoms. The fourth-order valence-electron chi connectivity index (χ4n) is 1.56. The van der Waals surface area contributed by atoms with Gasteiger partial charge in [-0.25, -0.2) is 0 Å². The number of carbonyl (C=O) groups is 1. The molecule has 3 nitrogen and oxygen atoms in total. The number of rotatable bonds is 3. The smallest absolute Gasteiger partial charge is 0.250 e. The molecule has 1 rings (SSSR count). The number of hydrogen-bond acceptors (Lipinski definition) is 2. The van der Waals surface area contributed by atoms with Crippen molar-refractivity contribution in [3.8, 4) is 0 Å². The summed E-state index contributed by atoms with van der Waals surface area (Å²) in [6.45, 7) is 6.44. The highest BCUT2D eigenvalue weighted by atomic mass is 16.5. The van der Waals surface area contributed by atoms with Crippen LogP contribution in [0.2, 0.25) is 0 Å². The summed E-state index contributed by atoms with van der Waals surface area (Å²) in [6, 6.07) is 7.83. The van der Waals surface area contributed by atoms with Crippen LogP contribution in [0.3, 0.4) is 0 Å². The molecule has 0 aliphatic carbocycles. The maximum absolute atomic E-state index is 11.5. The summed E-state index contributed by atoms with van der Waals surface area (Å²) in [4.78, 5) is 11.5. The van der Waals surface area contributed by atoms with Gasteiger partial charge in [0.25, 0.3) is 0 Å². The van der Waals surface area contributed by atoms with Crippen LogP contribution in [-0.4, -0.2) is 19.6 Å². The minimum absolute atomic E-state index is 0.0109. The predicted octanol–water partition coefficient (Wildman–Crippen LogP) is 2.57. The van der Waals surface area contributed by atoms with Gasteiger partial charge in [0.15, 0.2) is 0 Å². The molecule has 0 aliphatic heterocycles. The summed E-state index contributed by atoms with van der Waals surface area (Å²) in [5.41, 5.74) is 1.99. The molecule has 0 saturated carbocycles. The Balaban J connectivity index is 2.92. The molecule has 0 aliphatic rings. The van der Waals surface area contributed by atoms with Crippen LogP contribution in [0.1, 0.15) is 26.3 Å². The number of anilines is 1. The highest BCUT2D eigenvalue weighted by molar-refractivity contribution is 5.92. The summed E-state index contributed by atoms with van der Waals surface area (Å²) in [5.74, 6) is -0.126. The van der Waals surface area contributed by atoms with Crippen LogP contribution in [0, 0.1) is 0 Å². The first kappa shape index (κ1) is 12.7. The van der Waals surface area contributed by atoms with Gasteiger partial charge in [-0.15, -0.1) is 0 Å². The molecule has 0 fully saturated rings. The lowest BCUT2D eigenvalue weighted by Gasteiger charge is -2.22. The Morgan fingerprint density at radius 3 is 2.50 bits per heavy atom. The van der Waals surface area contributed by atoms with Crippen molar-refractivity contribution in [1.82, 2.24) is 0 Å². The van der Waals surface area contributed by atoms with E-state index in [1.165, 1.54) is 7.11 Å². The third-order valence-corrected chi connectivity index (χ3v) is 2.28. The summed E-state index contributed by atoms with van der Waals surface area (Å²) in [5, 5.41) is 2.85. The van der Waals surface area contributed by atoms with E-state index in [9.17, 15) is 4.79 Å². The third-order valence-electron chi connectivity index (χ3n) is 2.28. The van der Waals surface area contributed by atoms with Gasteiger partial charge in [0.05, 0.1) is 0 Å². The molecule has 1 N–H and O–H groups in total. The van der Waals surface area contributed by atoms with Crippen LogP contribution < -0.4 is 5.32 Å². The molecule has 1 aromatic rings. The first-order valence-corrected chi connectivity index (χ1v) is 5.33. The second-order valence-corrected chi connectivity index (χ2v) is 4.78. The highest BCUT2D eigenvalue weighted by Crippen LogP contribution is 2.29. The molecule has 0 atom stereocenters. The second kappa shape index (κ2) is 5.12. The van der Waals surface area contributed by atoms with Crippen molar-refractivity contribution in [2.45, 2.75) is 26.2 Å². The zero-order valence-corrected chi connectivity index (χ0v) is 10.3. The molecular formula is C13H19NO2. The normalized spacial score (nSPS) is 11.2. The van der Waals surface area contributed by atoms with Gasteiger partial charge in [0.2, 0.25) is 5.91 Å². The Labute approximate surface area is 96.8 Å². The second-order valence-electron chi connectivity index (χ2n) is 4.78. The van der Waals surface area contributed by atoms with Gasteiger partial charge in [0.1, 0.15) is 6.61 Å². The van der Waals surface area contributed by atoms with Crippen molar-refractivity contribution in [1.29, 1.82) is 0 Å². The number of benzene rings is 1. The number of methoxy groups -OCH3 is 1. The maximum Gasteiger partial charge on any atom is 0.250 e. The summed E-state index contributed by atoms with van der Waals surface area (Å²) >= 11 is 0. The van der Waals surface area contributed by atoms with Crippen molar-refractivity contribution < 1.29 is 9.53 Å². The summed E-state index contributed by atoms with van der Waals surface area (Å²) in [7, 11) is 1.51. The minimum atomic E-state index is -0.126. The number of hydrogen-bond donors (Lipinski definition) is 1. The third kappa shape index (κ3) is 3.35. The van der Waals surface area contributed by atoms with Gasteiger partial charge in [-0.05, 0) is 17.0 Å². The standard InChI is InChI=1S/C13H19NO2/c1-13(2,3)10-7-5-6-8-11(10)14-12(15)9-16-4/h5-8H,9H2,1-4H3,(H,14,15). The molecule has 0 unspecified atom stereocenters. The van der Waals surface area contributed by atoms with Gasteiger partial charge >= 0.3 is 0 Å². The van der Waals surface area contributed by atoms with Gasteiger partial charge in [-0.1, -0.05) is 39.0 Å². The molecule has 0 aromatic heterocycles. The number of nitrogens with one attached hydrogen (secondary N) is 1. The monoisotopic (exact) mass is 221 g/mol. The number of ether oxygens (including phenoxy) is 1. The summed E-state index contributed by atoms with van der Waals surface area (Å²) in [6.07, 6.45) is 0. The molecular weight excluding hydrogens is 202 g/mol. The minimum Gasteiger partial charge on any atom is -0.375 e. The van der Waals surface area contributed by atoms with E-state index < -0.39 is 0 Å². The van der Waals surface area contributed by atoms with Crippen LogP contribution in [0.25, 0.3) is 0 Å². The lowest BCUT2D eigenvalue weighted by molar-refractivity contribution is -0.119. The molecule has 0 radical (unpaired) electrons. The van der Waals surface area contributed by atoms with Crippen molar-refractivity contribution in [2.75, 3.05) is 19.0 Å². The molecule has 3 heteroatoms. The predicted molar refractivity (Wildman–Crippen MR) is 65.6 cm³/mol. The zero-order chi connectivity index (χ0) is 12.2. The Bertz CT molecular complexity index is 366. The first-order chi connectivity index (χ1) is 7.45. The van der Waals surface area contributed by atoms with Gasteiger partial charge in [-0.3, -0.25) is 4.79 Å². The zero-order valence-electron chi connectivity index (χ0n) is 10.3. The molecule has 0 bridgehead atoms. The van der Waals surface area contributed by atoms with E-state index in [0.29, 0.717) is 0 Å². The SMILES string of the molecule is COCC(=O)Nc1ccccc1C(C)(C)C. The van der Waals surface area contributed by atoms with Crippen molar-refractivity contribution >= 4 is 11.6 Å². The van der Waals surface area contributed by atoms with Gasteiger partial charge in [-0.2, -0.15) is 0 Å². The Kier molecular flexibility index (Phi) is 4.07. The van der Waals surface area contributed by atoms with E-state index >= 15 is 0 Å². The van der Waals surface area contributed by atoms with Crippen LogP contribution in [0.5, 0.6) is 0 Å². The van der Waals surface area contributed by atoms with Crippen molar-refractivity contribution in [3.63, 3.8) is 0 Å². The average molecular weight is 221 g/mol. The van der Waals surface area contributed by atoms with E-state index in [-0.39, 0.29) is 17.9 Å². The summed E-state index contributed by atoms with van der Waals surface area (Å²) < 4.78 is 4.79. The lowest BCUT2D eigenvalue weighted by Crippen LogP contribution is -2.21. The Hall–Kier alpha value is -1.35. The molecule has 0 spiro atoms. The van der Waals surface area contributed by atoms with E-state index in [2.05, 4.69) is 26.1 Å². The van der Waals surface area contributed by atoms with Crippen molar-refractivity contribution in [2.24, 2.45) is 0 Å². The number of carbonyl (C=O) groups excluding carboxylic acids is 1. The number of amides is 1. The fourth-order valence-corrected chi connectivity index (χ4v) is 1.56. The maximum atomic E-state index is 11.5. The van der Waals surface area contributed by atoms with Crippen LogP contribution in [-0.2, 0) is 14.9 Å². The first-order valence-electron chi connectivity index (χ1n) is 5.33. The average Bonchev–Trinajstić information content (AvgIpc) is 2.17. The molecule has 1 aromatic carbocycles. The quantitative estimate of drug-likeness (QED) is 0.852. The van der Waals surface area contributed by atoms with Crippen molar-refractivity contribution in [3.05, 3.63) is 29.8 Å². The van der Waals surface area contributed by atoms with Crippen LogP contribution in [0.4, 0.5) is 5.69 Å². The number of para-hydroxylation sites is 1. The van der Waals surface area contributed by atoms with Crippen LogP contribution >= 0.6 is 0 Å². The Morgan fingerprint density at radius 1 is 1.31 bits per heavy atom. The Morgan fingerprint density at radius 2 is 1.94 bits per heavy atom. The lowest BCUT2D eigenvalue weighted by atomic mass is 9.86. The van der Waals surface area contributed by atoms with Gasteiger partial charge in [0, 0.05) is 12.8 Å². The van der Waals surface area contributed by atoms with Crippen LogP contribution in [0.15, 0.2) is 24.3 Å². The molecule has 88 valence electrons. The largest absolute Gasteiger partial charge is 0.375 e. The van der Waals surface area contributed by atoms with E-state index in [0.717, 1.165) is 11.3 Å². The van der Waals surface area contributed by atoms with E-state index in [1.54, 1.807) is 0 Å². The van der Waals surface area contributed by atoms with E-state index in [4.69, 9.17) is 4.74 Å².